The van der Waals surface area contributed by atoms with Crippen molar-refractivity contribution >= 4 is 5.91 Å². The molecule has 1 aliphatic carbocycles. The lowest BCUT2D eigenvalue weighted by molar-refractivity contribution is -0.134. The number of likely N-dealkylation sites (N-methyl/N-ethyl adjacent to an activating group) is 1. The van der Waals surface area contributed by atoms with Crippen LogP contribution in [0.1, 0.15) is 38.7 Å². The number of nitrogens with zero attached hydrogens (tertiary/aromatic N) is 4. The van der Waals surface area contributed by atoms with Crippen LogP contribution in [0.2, 0.25) is 0 Å². The molecule has 0 spiro atoms. The zero-order valence-electron chi connectivity index (χ0n) is 16.0. The first-order valence-corrected chi connectivity index (χ1v) is 9.53. The molecule has 6 heteroatoms. The summed E-state index contributed by atoms with van der Waals surface area (Å²) in [5.74, 6) is 0.957. The Hall–Kier alpha value is -1.40. The van der Waals surface area contributed by atoms with Gasteiger partial charge in [0.25, 0.3) is 0 Å². The fourth-order valence-corrected chi connectivity index (χ4v) is 3.42. The number of carbonyl (C=O) groups excluding carboxylic acids is 1. The van der Waals surface area contributed by atoms with Gasteiger partial charge in [0, 0.05) is 32.4 Å². The second-order valence-corrected chi connectivity index (χ2v) is 7.99. The summed E-state index contributed by atoms with van der Waals surface area (Å²) < 4.78 is 8.04. The Bertz CT molecular complexity index is 582. The van der Waals surface area contributed by atoms with Crippen LogP contribution in [0.25, 0.3) is 0 Å². The van der Waals surface area contributed by atoms with Crippen molar-refractivity contribution in [2.75, 3.05) is 26.7 Å². The summed E-state index contributed by atoms with van der Waals surface area (Å²) in [5, 5.41) is 4.27. The molecule has 6 nitrogen and oxygen atoms in total. The van der Waals surface area contributed by atoms with E-state index in [-0.39, 0.29) is 18.1 Å². The lowest BCUT2D eigenvalue weighted by Crippen LogP contribution is -2.46. The molecule has 1 aromatic rings. The zero-order valence-corrected chi connectivity index (χ0v) is 16.0. The number of rotatable bonds is 8. The highest BCUT2D eigenvalue weighted by Crippen LogP contribution is 2.32. The van der Waals surface area contributed by atoms with Crippen LogP contribution in [0, 0.1) is 5.92 Å². The van der Waals surface area contributed by atoms with Crippen molar-refractivity contribution in [3.63, 3.8) is 0 Å². The third-order valence-corrected chi connectivity index (χ3v) is 5.52. The first kappa shape index (κ1) is 18.4. The van der Waals surface area contributed by atoms with Crippen LogP contribution in [0.4, 0.5) is 0 Å². The van der Waals surface area contributed by atoms with Gasteiger partial charge in [-0.05, 0) is 58.1 Å². The molecule has 0 radical (unpaired) electrons. The smallest absolute Gasteiger partial charge is 0.237 e. The molecule has 2 aliphatic rings. The number of hydrogen-bond acceptors (Lipinski definition) is 4. The van der Waals surface area contributed by atoms with Crippen molar-refractivity contribution in [2.24, 2.45) is 13.0 Å². The molecule has 0 aromatic carbocycles. The molecule has 1 aromatic heterocycles. The third-order valence-electron chi connectivity index (χ3n) is 5.52. The van der Waals surface area contributed by atoms with Crippen LogP contribution in [-0.4, -0.2) is 70.4 Å². The molecule has 2 heterocycles. The number of amides is 1. The van der Waals surface area contributed by atoms with Gasteiger partial charge < -0.3 is 9.64 Å². The number of likely N-dealkylation sites (tertiary alicyclic amines) is 1. The first-order valence-electron chi connectivity index (χ1n) is 9.53. The molecule has 25 heavy (non-hydrogen) atoms. The maximum Gasteiger partial charge on any atom is 0.237 e. The molecule has 3 rings (SSSR count). The lowest BCUT2D eigenvalue weighted by atomic mass is 10.0. The average Bonchev–Trinajstić information content (AvgIpc) is 3.17. The summed E-state index contributed by atoms with van der Waals surface area (Å²) in [5.41, 5.74) is 1.17. The van der Waals surface area contributed by atoms with E-state index in [1.807, 2.05) is 36.1 Å². The molecular formula is C19H32N4O2. The number of carbonyl (C=O) groups is 1. The van der Waals surface area contributed by atoms with Crippen LogP contribution >= 0.6 is 0 Å². The van der Waals surface area contributed by atoms with E-state index in [1.54, 1.807) is 0 Å². The maximum absolute atomic E-state index is 12.9. The molecule has 1 saturated heterocycles. The van der Waals surface area contributed by atoms with E-state index in [4.69, 9.17) is 4.74 Å². The van der Waals surface area contributed by atoms with E-state index >= 15 is 0 Å². The fourth-order valence-electron chi connectivity index (χ4n) is 3.42. The van der Waals surface area contributed by atoms with E-state index in [1.165, 1.54) is 18.4 Å². The van der Waals surface area contributed by atoms with E-state index in [9.17, 15) is 4.79 Å². The monoisotopic (exact) mass is 348 g/mol. The molecule has 0 bridgehead atoms. The summed E-state index contributed by atoms with van der Waals surface area (Å²) in [6.45, 7) is 6.35. The Kier molecular flexibility index (Phi) is 5.79. The Labute approximate surface area is 151 Å². The Balaban J connectivity index is 1.67. The Morgan fingerprint density at radius 2 is 2.16 bits per heavy atom. The minimum atomic E-state index is 0.121. The van der Waals surface area contributed by atoms with Crippen molar-refractivity contribution < 1.29 is 9.53 Å². The molecule has 2 fully saturated rings. The largest absolute Gasteiger partial charge is 0.376 e. The number of hydrogen-bond donors (Lipinski definition) is 0. The van der Waals surface area contributed by atoms with Gasteiger partial charge >= 0.3 is 0 Å². The predicted octanol–water partition coefficient (Wildman–Crippen LogP) is 1.70. The van der Waals surface area contributed by atoms with Crippen molar-refractivity contribution in [3.8, 4) is 0 Å². The zero-order chi connectivity index (χ0) is 18.0. The van der Waals surface area contributed by atoms with Crippen LogP contribution in [-0.2, 0) is 23.0 Å². The number of ether oxygens (including phenoxy) is 1. The second-order valence-electron chi connectivity index (χ2n) is 7.99. The first-order chi connectivity index (χ1) is 11.9. The highest BCUT2D eigenvalue weighted by molar-refractivity contribution is 5.79. The topological polar surface area (TPSA) is 50.6 Å². The molecule has 0 unspecified atom stereocenters. The van der Waals surface area contributed by atoms with Gasteiger partial charge in [0.1, 0.15) is 0 Å². The minimum Gasteiger partial charge on any atom is -0.376 e. The van der Waals surface area contributed by atoms with Crippen molar-refractivity contribution in [2.45, 2.75) is 57.7 Å². The Morgan fingerprint density at radius 1 is 1.40 bits per heavy atom. The second kappa shape index (κ2) is 7.87. The fraction of sp³-hybridized carbons (Fsp3) is 0.789. The van der Waals surface area contributed by atoms with Gasteiger partial charge in [0.2, 0.25) is 5.91 Å². The lowest BCUT2D eigenvalue weighted by Gasteiger charge is -2.30. The van der Waals surface area contributed by atoms with Gasteiger partial charge in [0.15, 0.2) is 0 Å². The minimum absolute atomic E-state index is 0.121. The van der Waals surface area contributed by atoms with Gasteiger partial charge in [-0.15, -0.1) is 0 Å². The van der Waals surface area contributed by atoms with E-state index in [2.05, 4.69) is 23.8 Å². The Morgan fingerprint density at radius 3 is 2.76 bits per heavy atom. The van der Waals surface area contributed by atoms with Gasteiger partial charge in [0.05, 0.1) is 24.9 Å². The molecule has 1 amide bonds. The van der Waals surface area contributed by atoms with Crippen LogP contribution < -0.4 is 0 Å². The summed E-state index contributed by atoms with van der Waals surface area (Å²) in [6.07, 6.45) is 8.44. The highest BCUT2D eigenvalue weighted by Gasteiger charge is 2.39. The standard InChI is InChI=1S/C19H32N4O2/c1-14(2)21(3)12-19(24)23-8-7-18(25-13-15-5-6-15)17(23)9-16-10-20-22(4)11-16/h10-11,14-15,17-18H,5-9,12-13H2,1-4H3/t17-,18-/m0/s1. The van der Waals surface area contributed by atoms with E-state index < -0.39 is 0 Å². The SMILES string of the molecule is CC(C)N(C)CC(=O)N1CC[C@H](OCC2CC2)[C@@H]1Cc1cnn(C)c1. The number of aryl methyl sites for hydroxylation is 1. The molecular weight excluding hydrogens is 316 g/mol. The van der Waals surface area contributed by atoms with Crippen molar-refractivity contribution in [3.05, 3.63) is 18.0 Å². The summed E-state index contributed by atoms with van der Waals surface area (Å²) >= 11 is 0. The van der Waals surface area contributed by atoms with E-state index in [0.29, 0.717) is 12.6 Å². The van der Waals surface area contributed by atoms with Gasteiger partial charge in [-0.2, -0.15) is 5.10 Å². The average molecular weight is 348 g/mol. The highest BCUT2D eigenvalue weighted by atomic mass is 16.5. The van der Waals surface area contributed by atoms with Crippen LogP contribution in [0.15, 0.2) is 12.4 Å². The quantitative estimate of drug-likeness (QED) is 0.717. The van der Waals surface area contributed by atoms with Crippen LogP contribution in [0.3, 0.4) is 0 Å². The van der Waals surface area contributed by atoms with Crippen molar-refractivity contribution in [1.82, 2.24) is 19.6 Å². The molecule has 0 N–H and O–H groups in total. The van der Waals surface area contributed by atoms with Crippen LogP contribution in [0.5, 0.6) is 0 Å². The third kappa shape index (κ3) is 4.82. The van der Waals surface area contributed by atoms with Crippen molar-refractivity contribution in [1.29, 1.82) is 0 Å². The molecule has 1 saturated carbocycles. The summed E-state index contributed by atoms with van der Waals surface area (Å²) in [7, 11) is 3.94. The summed E-state index contributed by atoms with van der Waals surface area (Å²) in [4.78, 5) is 17.0. The van der Waals surface area contributed by atoms with E-state index in [0.717, 1.165) is 31.9 Å². The van der Waals surface area contributed by atoms with Gasteiger partial charge in [-0.1, -0.05) is 0 Å². The molecule has 140 valence electrons. The maximum atomic E-state index is 12.9. The molecule has 2 atom stereocenters. The van der Waals surface area contributed by atoms with Gasteiger partial charge in [-0.25, -0.2) is 0 Å². The molecule has 1 aliphatic heterocycles. The predicted molar refractivity (Wildman–Crippen MR) is 97.3 cm³/mol. The van der Waals surface area contributed by atoms with Gasteiger partial charge in [-0.3, -0.25) is 14.4 Å². The summed E-state index contributed by atoms with van der Waals surface area (Å²) in [6, 6.07) is 0.487. The normalized spacial score (nSPS) is 23.8. The number of aromatic nitrogens is 2.